The van der Waals surface area contributed by atoms with Gasteiger partial charge in [-0.1, -0.05) is 53.9 Å². The summed E-state index contributed by atoms with van der Waals surface area (Å²) >= 11 is 0. The molecule has 106 valence electrons. The first kappa shape index (κ1) is 21.7. The number of unbranched alkanes of at least 4 members (excludes halogenated alkanes) is 3. The first-order valence-electron chi connectivity index (χ1n) is 7.22. The fourth-order valence-electron chi connectivity index (χ4n) is 1.13. The van der Waals surface area contributed by atoms with Crippen LogP contribution in [-0.4, -0.2) is 26.0 Å². The number of nitrogens with one attached hydrogen (secondary N) is 2. The van der Waals surface area contributed by atoms with Crippen LogP contribution in [0, 0.1) is 0 Å². The number of likely N-dealkylation sites (N-methyl/N-ethyl adjacent to an activating group) is 1. The van der Waals surface area contributed by atoms with Gasteiger partial charge in [0.05, 0.1) is 0 Å². The Morgan fingerprint density at radius 3 is 2.00 bits per heavy atom. The van der Waals surface area contributed by atoms with Gasteiger partial charge in [-0.05, 0) is 13.5 Å². The lowest BCUT2D eigenvalue weighted by molar-refractivity contribution is -0.121. The lowest BCUT2D eigenvalue weighted by atomic mass is 10.1. The fraction of sp³-hybridized carbons (Fsp3) is 0.929. The second-order valence-corrected chi connectivity index (χ2v) is 3.26. The highest BCUT2D eigenvalue weighted by atomic mass is 16.1. The van der Waals surface area contributed by atoms with Crippen molar-refractivity contribution < 1.29 is 4.79 Å². The molecule has 0 rings (SSSR count). The number of hydrogen-bond acceptors (Lipinski definition) is 2. The van der Waals surface area contributed by atoms with Crippen molar-refractivity contribution in [1.82, 2.24) is 10.6 Å². The van der Waals surface area contributed by atoms with Gasteiger partial charge in [-0.3, -0.25) is 4.79 Å². The summed E-state index contributed by atoms with van der Waals surface area (Å²) in [5, 5.41) is 5.84. The molecular weight excluding hydrogens is 212 g/mol. The number of carbonyl (C=O) groups is 1. The molecule has 0 aliphatic carbocycles. The maximum absolute atomic E-state index is 11.1. The van der Waals surface area contributed by atoms with E-state index in [0.29, 0.717) is 6.42 Å². The summed E-state index contributed by atoms with van der Waals surface area (Å²) in [6, 6.07) is 0. The molecule has 0 spiro atoms. The predicted molar refractivity (Wildman–Crippen MR) is 78.4 cm³/mol. The minimum atomic E-state index is 0.186. The highest BCUT2D eigenvalue weighted by Gasteiger charge is 1.98. The van der Waals surface area contributed by atoms with E-state index in [9.17, 15) is 4.79 Å². The summed E-state index contributed by atoms with van der Waals surface area (Å²) in [7, 11) is 1.88. The van der Waals surface area contributed by atoms with E-state index in [2.05, 4.69) is 17.6 Å². The zero-order valence-electron chi connectivity index (χ0n) is 12.9. The molecule has 0 unspecified atom stereocenters. The average Bonchev–Trinajstić information content (AvgIpc) is 2.40. The lowest BCUT2D eigenvalue weighted by Crippen LogP contribution is -2.30. The van der Waals surface area contributed by atoms with Crippen LogP contribution in [0.1, 0.15) is 66.7 Å². The molecule has 17 heavy (non-hydrogen) atoms. The molecule has 0 radical (unpaired) electrons. The van der Waals surface area contributed by atoms with Gasteiger partial charge >= 0.3 is 0 Å². The first-order chi connectivity index (χ1) is 8.31. The van der Waals surface area contributed by atoms with Gasteiger partial charge in [-0.2, -0.15) is 0 Å². The lowest BCUT2D eigenvalue weighted by Gasteiger charge is -2.03. The van der Waals surface area contributed by atoms with Crippen molar-refractivity contribution in [1.29, 1.82) is 0 Å². The molecule has 0 heterocycles. The smallest absolute Gasteiger partial charge is 0.220 e. The van der Waals surface area contributed by atoms with Crippen LogP contribution in [0.4, 0.5) is 0 Å². The third kappa shape index (κ3) is 25.6. The van der Waals surface area contributed by atoms with Crippen LogP contribution < -0.4 is 10.6 Å². The van der Waals surface area contributed by atoms with Gasteiger partial charge in [0.15, 0.2) is 0 Å². The van der Waals surface area contributed by atoms with E-state index in [-0.39, 0.29) is 5.91 Å². The minimum Gasteiger partial charge on any atom is -0.355 e. The predicted octanol–water partition coefficient (Wildman–Crippen LogP) is 3.34. The summed E-state index contributed by atoms with van der Waals surface area (Å²) < 4.78 is 0. The molecule has 0 bridgehead atoms. The Hall–Kier alpha value is -0.570. The Morgan fingerprint density at radius 2 is 1.53 bits per heavy atom. The molecule has 0 fully saturated rings. The molecular formula is C14H34N2O. The highest BCUT2D eigenvalue weighted by molar-refractivity contribution is 5.75. The highest BCUT2D eigenvalue weighted by Crippen LogP contribution is 2.01. The van der Waals surface area contributed by atoms with E-state index in [0.717, 1.165) is 19.5 Å². The SMILES string of the molecule is CC.CC.CCCCCCC(=O)NCCNC. The number of amides is 1. The van der Waals surface area contributed by atoms with Gasteiger partial charge in [0, 0.05) is 19.5 Å². The van der Waals surface area contributed by atoms with E-state index in [1.54, 1.807) is 0 Å². The first-order valence-corrected chi connectivity index (χ1v) is 7.22. The molecule has 0 aliphatic heterocycles. The molecule has 0 aliphatic rings. The van der Waals surface area contributed by atoms with Crippen molar-refractivity contribution in [2.75, 3.05) is 20.1 Å². The minimum absolute atomic E-state index is 0.186. The zero-order chi connectivity index (χ0) is 13.9. The second kappa shape index (κ2) is 24.6. The zero-order valence-corrected chi connectivity index (χ0v) is 12.9. The largest absolute Gasteiger partial charge is 0.355 e. The summed E-state index contributed by atoms with van der Waals surface area (Å²) in [4.78, 5) is 11.1. The Kier molecular flexibility index (Phi) is 31.4. The van der Waals surface area contributed by atoms with E-state index in [1.165, 1.54) is 19.3 Å². The molecule has 0 aromatic heterocycles. The number of hydrogen-bond donors (Lipinski definition) is 2. The molecule has 2 N–H and O–H groups in total. The molecule has 0 atom stereocenters. The molecule has 3 heteroatoms. The normalized spacial score (nSPS) is 8.35. The monoisotopic (exact) mass is 246 g/mol. The number of rotatable bonds is 8. The molecule has 0 saturated heterocycles. The van der Waals surface area contributed by atoms with Crippen molar-refractivity contribution in [2.24, 2.45) is 0 Å². The summed E-state index contributed by atoms with van der Waals surface area (Å²) in [6.07, 6.45) is 5.35. The van der Waals surface area contributed by atoms with E-state index < -0.39 is 0 Å². The molecule has 1 amide bonds. The Bertz CT molecular complexity index is 127. The van der Waals surface area contributed by atoms with Crippen LogP contribution >= 0.6 is 0 Å². The van der Waals surface area contributed by atoms with Crippen molar-refractivity contribution >= 4 is 5.91 Å². The van der Waals surface area contributed by atoms with Crippen LogP contribution in [0.25, 0.3) is 0 Å². The van der Waals surface area contributed by atoms with Crippen LogP contribution in [0.5, 0.6) is 0 Å². The topological polar surface area (TPSA) is 41.1 Å². The Morgan fingerprint density at radius 1 is 0.941 bits per heavy atom. The Labute approximate surface area is 109 Å². The standard InChI is InChI=1S/C10H22N2O.2C2H6/c1-3-4-5-6-7-10(13)12-9-8-11-2;2*1-2/h11H,3-9H2,1-2H3,(H,12,13);2*1-2H3. The summed E-state index contributed by atoms with van der Waals surface area (Å²) in [5.41, 5.74) is 0. The maximum atomic E-state index is 11.1. The van der Waals surface area contributed by atoms with Gasteiger partial charge < -0.3 is 10.6 Å². The van der Waals surface area contributed by atoms with Crippen molar-refractivity contribution in [2.45, 2.75) is 66.7 Å². The number of carbonyl (C=O) groups excluding carboxylic acids is 1. The third-order valence-corrected chi connectivity index (χ3v) is 1.95. The van der Waals surface area contributed by atoms with Crippen molar-refractivity contribution in [3.05, 3.63) is 0 Å². The molecule has 3 nitrogen and oxygen atoms in total. The Balaban J connectivity index is -0.000000439. The van der Waals surface area contributed by atoms with Gasteiger partial charge in [0.1, 0.15) is 0 Å². The second-order valence-electron chi connectivity index (χ2n) is 3.26. The van der Waals surface area contributed by atoms with Crippen LogP contribution in [0.3, 0.4) is 0 Å². The summed E-state index contributed by atoms with van der Waals surface area (Å²) in [5.74, 6) is 0.186. The van der Waals surface area contributed by atoms with Crippen LogP contribution in [-0.2, 0) is 4.79 Å². The molecule has 0 aromatic rings. The molecule has 0 aromatic carbocycles. The average molecular weight is 246 g/mol. The third-order valence-electron chi connectivity index (χ3n) is 1.95. The van der Waals surface area contributed by atoms with E-state index >= 15 is 0 Å². The van der Waals surface area contributed by atoms with E-state index in [4.69, 9.17) is 0 Å². The van der Waals surface area contributed by atoms with Gasteiger partial charge in [-0.15, -0.1) is 0 Å². The quantitative estimate of drug-likeness (QED) is 0.645. The van der Waals surface area contributed by atoms with Gasteiger partial charge in [0.2, 0.25) is 5.91 Å². The van der Waals surface area contributed by atoms with Crippen molar-refractivity contribution in [3.8, 4) is 0 Å². The maximum Gasteiger partial charge on any atom is 0.220 e. The fourth-order valence-corrected chi connectivity index (χ4v) is 1.13. The van der Waals surface area contributed by atoms with Crippen LogP contribution in [0.2, 0.25) is 0 Å². The summed E-state index contributed by atoms with van der Waals surface area (Å²) in [6.45, 7) is 11.8. The van der Waals surface area contributed by atoms with E-state index in [1.807, 2.05) is 34.7 Å². The van der Waals surface area contributed by atoms with Crippen molar-refractivity contribution in [3.63, 3.8) is 0 Å². The van der Waals surface area contributed by atoms with Crippen LogP contribution in [0.15, 0.2) is 0 Å². The molecule has 0 saturated carbocycles. The van der Waals surface area contributed by atoms with Gasteiger partial charge in [-0.25, -0.2) is 0 Å². The van der Waals surface area contributed by atoms with Gasteiger partial charge in [0.25, 0.3) is 0 Å².